The topological polar surface area (TPSA) is 45.4 Å². The van der Waals surface area contributed by atoms with Crippen LogP contribution in [0.15, 0.2) is 22.8 Å². The lowest BCUT2D eigenvalue weighted by atomic mass is 9.95. The first-order valence-electron chi connectivity index (χ1n) is 7.04. The van der Waals surface area contributed by atoms with Crippen molar-refractivity contribution in [3.63, 3.8) is 0 Å². The molecule has 4 heteroatoms. The van der Waals surface area contributed by atoms with Crippen molar-refractivity contribution in [3.8, 4) is 0 Å². The van der Waals surface area contributed by atoms with Gasteiger partial charge in [-0.3, -0.25) is 0 Å². The number of unbranched alkanes of at least 4 members (excludes halogenated alkanes) is 1. The van der Waals surface area contributed by atoms with E-state index < -0.39 is 0 Å². The van der Waals surface area contributed by atoms with Gasteiger partial charge in [-0.15, -0.1) is 0 Å². The third kappa shape index (κ3) is 7.04. The van der Waals surface area contributed by atoms with Crippen molar-refractivity contribution in [2.75, 3.05) is 12.4 Å². The normalized spacial score (nSPS) is 14.8. The van der Waals surface area contributed by atoms with Crippen LogP contribution < -0.4 is 5.32 Å². The maximum absolute atomic E-state index is 9.48. The maximum atomic E-state index is 9.48. The molecule has 1 rings (SSSR count). The van der Waals surface area contributed by atoms with Crippen molar-refractivity contribution in [2.45, 2.75) is 57.4 Å². The molecule has 1 heterocycles. The summed E-state index contributed by atoms with van der Waals surface area (Å²) in [5.41, 5.74) is -0.139. The van der Waals surface area contributed by atoms with Crippen LogP contribution in [0, 0.1) is 0 Å². The number of thioether (sulfide) groups is 1. The largest absolute Gasteiger partial charge is 0.468 e. The van der Waals surface area contributed by atoms with Gasteiger partial charge >= 0.3 is 0 Å². The van der Waals surface area contributed by atoms with Crippen LogP contribution in [-0.2, 0) is 5.75 Å². The lowest BCUT2D eigenvalue weighted by molar-refractivity contribution is 0.154. The van der Waals surface area contributed by atoms with Gasteiger partial charge < -0.3 is 14.8 Å². The van der Waals surface area contributed by atoms with E-state index in [-0.39, 0.29) is 12.1 Å². The number of rotatable bonds is 10. The van der Waals surface area contributed by atoms with Crippen molar-refractivity contribution >= 4 is 11.8 Å². The van der Waals surface area contributed by atoms with Crippen molar-refractivity contribution < 1.29 is 9.52 Å². The van der Waals surface area contributed by atoms with Gasteiger partial charge in [0.1, 0.15) is 5.76 Å². The molecule has 1 aromatic heterocycles. The second-order valence-corrected chi connectivity index (χ2v) is 6.71. The Morgan fingerprint density at radius 1 is 1.42 bits per heavy atom. The Labute approximate surface area is 121 Å². The van der Waals surface area contributed by atoms with E-state index in [0.29, 0.717) is 6.04 Å². The third-order valence-electron chi connectivity index (χ3n) is 3.08. The highest BCUT2D eigenvalue weighted by molar-refractivity contribution is 7.98. The molecular formula is C15H27NO2S. The van der Waals surface area contributed by atoms with Gasteiger partial charge in [-0.1, -0.05) is 20.3 Å². The third-order valence-corrected chi connectivity index (χ3v) is 4.14. The Morgan fingerprint density at radius 3 is 2.79 bits per heavy atom. The fourth-order valence-corrected chi connectivity index (χ4v) is 3.10. The van der Waals surface area contributed by atoms with Crippen molar-refractivity contribution in [1.29, 1.82) is 0 Å². The SMILES string of the molecule is CC(C)NC(C)(CO)CCCCSCc1ccco1. The Hall–Kier alpha value is -0.450. The summed E-state index contributed by atoms with van der Waals surface area (Å²) < 4.78 is 5.29. The van der Waals surface area contributed by atoms with Gasteiger partial charge in [0.05, 0.1) is 18.6 Å². The fourth-order valence-electron chi connectivity index (χ4n) is 2.18. The van der Waals surface area contributed by atoms with E-state index in [4.69, 9.17) is 4.42 Å². The predicted octanol–water partition coefficient (Wildman–Crippen LogP) is 3.43. The predicted molar refractivity (Wildman–Crippen MR) is 82.5 cm³/mol. The minimum absolute atomic E-state index is 0.139. The summed E-state index contributed by atoms with van der Waals surface area (Å²) in [7, 11) is 0. The smallest absolute Gasteiger partial charge is 0.113 e. The molecule has 1 aromatic rings. The molecule has 1 unspecified atom stereocenters. The molecule has 0 saturated carbocycles. The molecule has 0 bridgehead atoms. The number of hydrogen-bond donors (Lipinski definition) is 2. The molecule has 0 aliphatic carbocycles. The molecule has 0 aromatic carbocycles. The van der Waals surface area contributed by atoms with Gasteiger partial charge in [0, 0.05) is 11.6 Å². The zero-order chi connectivity index (χ0) is 14.1. The van der Waals surface area contributed by atoms with Crippen LogP contribution >= 0.6 is 11.8 Å². The minimum atomic E-state index is -0.139. The molecule has 0 fully saturated rings. The van der Waals surface area contributed by atoms with E-state index in [9.17, 15) is 5.11 Å². The minimum Gasteiger partial charge on any atom is -0.468 e. The molecule has 3 nitrogen and oxygen atoms in total. The van der Waals surface area contributed by atoms with E-state index in [0.717, 1.165) is 30.1 Å². The summed E-state index contributed by atoms with van der Waals surface area (Å²) in [6.07, 6.45) is 5.06. The van der Waals surface area contributed by atoms with Crippen molar-refractivity contribution in [1.82, 2.24) is 5.32 Å². The van der Waals surface area contributed by atoms with Crippen LogP contribution in [0.4, 0.5) is 0 Å². The molecule has 2 N–H and O–H groups in total. The van der Waals surface area contributed by atoms with Crippen LogP contribution in [0.1, 0.15) is 45.8 Å². The molecule has 19 heavy (non-hydrogen) atoms. The van der Waals surface area contributed by atoms with Gasteiger partial charge in [0.15, 0.2) is 0 Å². The average molecular weight is 285 g/mol. The molecule has 0 aliphatic heterocycles. The number of nitrogens with one attached hydrogen (secondary N) is 1. The first kappa shape index (κ1) is 16.6. The molecule has 0 radical (unpaired) electrons. The van der Waals surface area contributed by atoms with Crippen LogP contribution in [-0.4, -0.2) is 29.0 Å². The van der Waals surface area contributed by atoms with E-state index in [2.05, 4.69) is 26.1 Å². The Bertz CT molecular complexity index is 327. The average Bonchev–Trinajstić information content (AvgIpc) is 2.86. The summed E-state index contributed by atoms with van der Waals surface area (Å²) >= 11 is 1.91. The summed E-state index contributed by atoms with van der Waals surface area (Å²) in [6.45, 7) is 6.54. The van der Waals surface area contributed by atoms with Gasteiger partial charge in [-0.25, -0.2) is 0 Å². The van der Waals surface area contributed by atoms with E-state index in [1.54, 1.807) is 6.26 Å². The van der Waals surface area contributed by atoms with E-state index in [1.807, 2.05) is 23.9 Å². The van der Waals surface area contributed by atoms with Crippen LogP contribution in [0.5, 0.6) is 0 Å². The zero-order valence-electron chi connectivity index (χ0n) is 12.3. The molecule has 0 saturated heterocycles. The van der Waals surface area contributed by atoms with Gasteiger partial charge in [-0.05, 0) is 37.7 Å². The Morgan fingerprint density at radius 2 is 2.21 bits per heavy atom. The zero-order valence-corrected chi connectivity index (χ0v) is 13.1. The summed E-state index contributed by atoms with van der Waals surface area (Å²) in [4.78, 5) is 0. The molecule has 0 aliphatic rings. The molecule has 1 atom stereocenters. The second kappa shape index (κ2) is 8.67. The van der Waals surface area contributed by atoms with Crippen LogP contribution in [0.2, 0.25) is 0 Å². The highest BCUT2D eigenvalue weighted by atomic mass is 32.2. The van der Waals surface area contributed by atoms with Gasteiger partial charge in [0.25, 0.3) is 0 Å². The summed E-state index contributed by atoms with van der Waals surface area (Å²) in [5.74, 6) is 3.14. The highest BCUT2D eigenvalue weighted by Gasteiger charge is 2.22. The first-order valence-corrected chi connectivity index (χ1v) is 8.20. The first-order chi connectivity index (χ1) is 9.06. The molecular weight excluding hydrogens is 258 g/mol. The Kier molecular flexibility index (Phi) is 7.57. The number of aliphatic hydroxyl groups excluding tert-OH is 1. The van der Waals surface area contributed by atoms with Gasteiger partial charge in [-0.2, -0.15) is 11.8 Å². The maximum Gasteiger partial charge on any atom is 0.113 e. The highest BCUT2D eigenvalue weighted by Crippen LogP contribution is 2.18. The van der Waals surface area contributed by atoms with Crippen LogP contribution in [0.25, 0.3) is 0 Å². The lowest BCUT2D eigenvalue weighted by Gasteiger charge is -2.31. The van der Waals surface area contributed by atoms with E-state index in [1.165, 1.54) is 6.42 Å². The molecule has 0 spiro atoms. The number of hydrogen-bond acceptors (Lipinski definition) is 4. The Balaban J connectivity index is 2.08. The quantitative estimate of drug-likeness (QED) is 0.647. The molecule has 110 valence electrons. The second-order valence-electron chi connectivity index (χ2n) is 5.61. The van der Waals surface area contributed by atoms with E-state index >= 15 is 0 Å². The monoisotopic (exact) mass is 285 g/mol. The van der Waals surface area contributed by atoms with Crippen molar-refractivity contribution in [3.05, 3.63) is 24.2 Å². The fraction of sp³-hybridized carbons (Fsp3) is 0.733. The summed E-state index contributed by atoms with van der Waals surface area (Å²) in [6, 6.07) is 4.35. The lowest BCUT2D eigenvalue weighted by Crippen LogP contribution is -2.49. The van der Waals surface area contributed by atoms with Crippen LogP contribution in [0.3, 0.4) is 0 Å². The van der Waals surface area contributed by atoms with Crippen molar-refractivity contribution in [2.24, 2.45) is 0 Å². The number of aliphatic hydroxyl groups is 1. The number of furan rings is 1. The standard InChI is InChI=1S/C15H27NO2S/c1-13(2)16-15(3,12-17)8-4-5-10-19-11-14-7-6-9-18-14/h6-7,9,13,16-17H,4-5,8,10-12H2,1-3H3. The molecule has 0 amide bonds. The summed E-state index contributed by atoms with van der Waals surface area (Å²) in [5, 5.41) is 12.9. The van der Waals surface area contributed by atoms with Gasteiger partial charge in [0.2, 0.25) is 0 Å².